The maximum Gasteiger partial charge on any atom is 0.277 e. The van der Waals surface area contributed by atoms with Crippen molar-refractivity contribution in [3.63, 3.8) is 0 Å². The van der Waals surface area contributed by atoms with Crippen molar-refractivity contribution in [2.75, 3.05) is 5.75 Å². The Kier molecular flexibility index (Phi) is 3.39. The summed E-state index contributed by atoms with van der Waals surface area (Å²) >= 11 is 1.19. The van der Waals surface area contributed by atoms with Crippen molar-refractivity contribution in [1.82, 2.24) is 10.2 Å². The summed E-state index contributed by atoms with van der Waals surface area (Å²) in [5.41, 5.74) is 1.33. The van der Waals surface area contributed by atoms with Crippen LogP contribution in [-0.4, -0.2) is 16.0 Å². The first-order valence-corrected chi connectivity index (χ1v) is 5.66. The van der Waals surface area contributed by atoms with Gasteiger partial charge in [0, 0.05) is 5.56 Å². The van der Waals surface area contributed by atoms with Crippen molar-refractivity contribution < 1.29 is 4.42 Å². The van der Waals surface area contributed by atoms with Crippen LogP contribution < -0.4 is 0 Å². The molecule has 0 saturated heterocycles. The molecule has 0 radical (unpaired) electrons. The smallest absolute Gasteiger partial charge is 0.277 e. The minimum Gasteiger partial charge on any atom is -0.411 e. The number of hydrogen-bond acceptors (Lipinski definition) is 6. The van der Waals surface area contributed by atoms with E-state index in [1.165, 1.54) is 11.8 Å². The highest BCUT2D eigenvalue weighted by molar-refractivity contribution is 7.99. The molecule has 0 unspecified atom stereocenters. The molecule has 0 aliphatic rings. The number of benzene rings is 1. The van der Waals surface area contributed by atoms with Gasteiger partial charge in [-0.05, 0) is 24.3 Å². The van der Waals surface area contributed by atoms with Gasteiger partial charge in [-0.15, -0.1) is 10.2 Å². The highest BCUT2D eigenvalue weighted by atomic mass is 32.2. The number of rotatable bonds is 3. The Balaban J connectivity index is 2.19. The Morgan fingerprint density at radius 3 is 2.59 bits per heavy atom. The number of thioether (sulfide) groups is 1. The van der Waals surface area contributed by atoms with Crippen molar-refractivity contribution >= 4 is 11.8 Å². The van der Waals surface area contributed by atoms with Crippen LogP contribution in [0.5, 0.6) is 0 Å². The zero-order valence-electron chi connectivity index (χ0n) is 8.62. The van der Waals surface area contributed by atoms with Crippen LogP contribution in [0.4, 0.5) is 0 Å². The number of hydrogen-bond donors (Lipinski definition) is 0. The van der Waals surface area contributed by atoms with E-state index in [0.29, 0.717) is 16.7 Å². The molecule has 17 heavy (non-hydrogen) atoms. The second-order valence-electron chi connectivity index (χ2n) is 3.01. The quantitative estimate of drug-likeness (QED) is 0.767. The summed E-state index contributed by atoms with van der Waals surface area (Å²) in [6, 6.07) is 10.9. The molecule has 0 bridgehead atoms. The fourth-order valence-corrected chi connectivity index (χ4v) is 1.59. The summed E-state index contributed by atoms with van der Waals surface area (Å²) in [6.07, 6.45) is 0. The summed E-state index contributed by atoms with van der Waals surface area (Å²) in [4.78, 5) is 0. The number of nitrogens with zero attached hydrogens (tertiary/aromatic N) is 4. The largest absolute Gasteiger partial charge is 0.411 e. The SMILES string of the molecule is N#CCSc1nnc(-c2ccc(C#N)cc2)o1. The molecule has 2 aromatic rings. The Morgan fingerprint density at radius 2 is 1.94 bits per heavy atom. The van der Waals surface area contributed by atoms with Crippen molar-refractivity contribution in [3.05, 3.63) is 29.8 Å². The summed E-state index contributed by atoms with van der Waals surface area (Å²) < 4.78 is 5.35. The zero-order valence-corrected chi connectivity index (χ0v) is 9.44. The Labute approximate surface area is 102 Å². The van der Waals surface area contributed by atoms with Gasteiger partial charge in [-0.2, -0.15) is 10.5 Å². The van der Waals surface area contributed by atoms with E-state index >= 15 is 0 Å². The molecule has 0 saturated carbocycles. The van der Waals surface area contributed by atoms with Crippen molar-refractivity contribution in [2.24, 2.45) is 0 Å². The van der Waals surface area contributed by atoms with Gasteiger partial charge in [0.1, 0.15) is 0 Å². The van der Waals surface area contributed by atoms with Gasteiger partial charge in [0.15, 0.2) is 0 Å². The van der Waals surface area contributed by atoms with Crippen LogP contribution in [0.25, 0.3) is 11.5 Å². The molecule has 0 fully saturated rings. The first-order chi connectivity index (χ1) is 8.33. The molecule has 0 atom stereocenters. The van der Waals surface area contributed by atoms with Gasteiger partial charge >= 0.3 is 0 Å². The van der Waals surface area contributed by atoms with Crippen LogP contribution in [0, 0.1) is 22.7 Å². The monoisotopic (exact) mass is 242 g/mol. The Bertz CT molecular complexity index is 591. The highest BCUT2D eigenvalue weighted by Crippen LogP contribution is 2.22. The van der Waals surface area contributed by atoms with Crippen LogP contribution in [0.3, 0.4) is 0 Å². The van der Waals surface area contributed by atoms with Gasteiger partial charge in [-0.1, -0.05) is 11.8 Å². The second-order valence-corrected chi connectivity index (χ2v) is 3.94. The topological polar surface area (TPSA) is 86.5 Å². The Morgan fingerprint density at radius 1 is 1.18 bits per heavy atom. The van der Waals surface area contributed by atoms with E-state index in [9.17, 15) is 0 Å². The molecule has 5 nitrogen and oxygen atoms in total. The van der Waals surface area contributed by atoms with E-state index in [2.05, 4.69) is 10.2 Å². The predicted octanol–water partition coefficient (Wildman–Crippen LogP) is 2.22. The predicted molar refractivity (Wildman–Crippen MR) is 60.8 cm³/mol. The lowest BCUT2D eigenvalue weighted by molar-refractivity contribution is 0.466. The lowest BCUT2D eigenvalue weighted by atomic mass is 10.1. The third kappa shape index (κ3) is 2.63. The van der Waals surface area contributed by atoms with E-state index in [4.69, 9.17) is 14.9 Å². The summed E-state index contributed by atoms with van der Waals surface area (Å²) in [7, 11) is 0. The molecule has 1 aromatic carbocycles. The number of aromatic nitrogens is 2. The van der Waals surface area contributed by atoms with Crippen LogP contribution in [0.15, 0.2) is 33.9 Å². The maximum atomic E-state index is 8.66. The van der Waals surface area contributed by atoms with E-state index in [0.717, 1.165) is 5.56 Å². The second kappa shape index (κ2) is 5.15. The molecular formula is C11H6N4OS. The van der Waals surface area contributed by atoms with E-state index in [1.54, 1.807) is 24.3 Å². The van der Waals surface area contributed by atoms with Gasteiger partial charge < -0.3 is 4.42 Å². The van der Waals surface area contributed by atoms with Gasteiger partial charge in [0.25, 0.3) is 5.22 Å². The molecule has 0 amide bonds. The van der Waals surface area contributed by atoms with Gasteiger partial charge in [-0.25, -0.2) is 0 Å². The van der Waals surface area contributed by atoms with Crippen molar-refractivity contribution in [2.45, 2.75) is 5.22 Å². The Hall–Kier alpha value is -2.31. The van der Waals surface area contributed by atoms with E-state index in [-0.39, 0.29) is 5.75 Å². The number of nitriles is 2. The first kappa shape index (κ1) is 11.2. The minimum absolute atomic E-state index is 0.273. The molecule has 0 aliphatic heterocycles. The average molecular weight is 242 g/mol. The zero-order chi connectivity index (χ0) is 12.1. The maximum absolute atomic E-state index is 8.66. The minimum atomic E-state index is 0.273. The molecule has 1 heterocycles. The van der Waals surface area contributed by atoms with Crippen LogP contribution in [-0.2, 0) is 0 Å². The molecule has 1 aromatic heterocycles. The van der Waals surface area contributed by atoms with Crippen LogP contribution in [0.2, 0.25) is 0 Å². The lowest BCUT2D eigenvalue weighted by Gasteiger charge is -1.93. The summed E-state index contributed by atoms with van der Waals surface area (Å²) in [5.74, 6) is 0.657. The standard InChI is InChI=1S/C11H6N4OS/c12-5-6-17-11-15-14-10(16-11)9-3-1-8(7-13)2-4-9/h1-4H,6H2. The molecule has 0 N–H and O–H groups in total. The normalized spacial score (nSPS) is 9.53. The van der Waals surface area contributed by atoms with Gasteiger partial charge in [0.05, 0.1) is 23.5 Å². The van der Waals surface area contributed by atoms with Gasteiger partial charge in [-0.3, -0.25) is 0 Å². The van der Waals surface area contributed by atoms with Crippen molar-refractivity contribution in [3.8, 4) is 23.6 Å². The molecule has 6 heteroatoms. The third-order valence-electron chi connectivity index (χ3n) is 1.93. The molecule has 2 rings (SSSR count). The fourth-order valence-electron chi connectivity index (χ4n) is 1.17. The van der Waals surface area contributed by atoms with Crippen molar-refractivity contribution in [1.29, 1.82) is 10.5 Å². The molecular weight excluding hydrogens is 236 g/mol. The fraction of sp³-hybridized carbons (Fsp3) is 0.0909. The molecule has 82 valence electrons. The van der Waals surface area contributed by atoms with Crippen LogP contribution in [0.1, 0.15) is 5.56 Å². The van der Waals surface area contributed by atoms with E-state index < -0.39 is 0 Å². The van der Waals surface area contributed by atoms with Crippen LogP contribution >= 0.6 is 11.8 Å². The first-order valence-electron chi connectivity index (χ1n) is 4.67. The lowest BCUT2D eigenvalue weighted by Crippen LogP contribution is -1.78. The molecule has 0 aliphatic carbocycles. The van der Waals surface area contributed by atoms with Gasteiger partial charge in [0.2, 0.25) is 5.89 Å². The summed E-state index contributed by atoms with van der Waals surface area (Å²) in [5, 5.41) is 25.1. The third-order valence-corrected chi connectivity index (χ3v) is 2.61. The highest BCUT2D eigenvalue weighted by Gasteiger charge is 2.08. The summed E-state index contributed by atoms with van der Waals surface area (Å²) in [6.45, 7) is 0. The van der Waals surface area contributed by atoms with E-state index in [1.807, 2.05) is 12.1 Å². The average Bonchev–Trinajstić information content (AvgIpc) is 2.85. The molecule has 0 spiro atoms.